The van der Waals surface area contributed by atoms with Gasteiger partial charge in [-0.05, 0) is 44.5 Å². The molecule has 2 N–H and O–H groups in total. The molecule has 0 saturated heterocycles. The summed E-state index contributed by atoms with van der Waals surface area (Å²) in [6, 6.07) is 10.7. The van der Waals surface area contributed by atoms with E-state index >= 15 is 0 Å². The van der Waals surface area contributed by atoms with E-state index in [1.807, 2.05) is 52.1 Å². The normalized spacial score (nSPS) is 11.7. The highest BCUT2D eigenvalue weighted by Gasteiger charge is 2.19. The average molecular weight is 425 g/mol. The zero-order chi connectivity index (χ0) is 21.7. The van der Waals surface area contributed by atoms with Crippen LogP contribution in [0.15, 0.2) is 47.8 Å². The highest BCUT2D eigenvalue weighted by atomic mass is 32.2. The molecular formula is C21H24N6O2S. The first kappa shape index (κ1) is 21.5. The van der Waals surface area contributed by atoms with Crippen molar-refractivity contribution in [2.75, 3.05) is 11.1 Å². The Morgan fingerprint density at radius 2 is 1.87 bits per heavy atom. The van der Waals surface area contributed by atoms with Crippen LogP contribution in [0.25, 0.3) is 0 Å². The number of nitrogens with zero attached hydrogens (tertiary/aromatic N) is 4. The Labute approximate surface area is 179 Å². The predicted octanol–water partition coefficient (Wildman–Crippen LogP) is 3.05. The average Bonchev–Trinajstić information content (AvgIpc) is 3.09. The Hall–Kier alpha value is -3.20. The van der Waals surface area contributed by atoms with Crippen molar-refractivity contribution in [3.05, 3.63) is 65.1 Å². The molecule has 0 fully saturated rings. The van der Waals surface area contributed by atoms with E-state index < -0.39 is 0 Å². The Kier molecular flexibility index (Phi) is 6.83. The van der Waals surface area contributed by atoms with Gasteiger partial charge < -0.3 is 15.2 Å². The van der Waals surface area contributed by atoms with Crippen molar-refractivity contribution >= 4 is 29.4 Å². The van der Waals surface area contributed by atoms with Crippen LogP contribution in [0.4, 0.5) is 5.82 Å². The lowest BCUT2D eigenvalue weighted by Gasteiger charge is -2.13. The van der Waals surface area contributed by atoms with Crippen LogP contribution >= 0.6 is 11.8 Å². The van der Waals surface area contributed by atoms with Gasteiger partial charge in [0.15, 0.2) is 11.0 Å². The van der Waals surface area contributed by atoms with E-state index in [1.165, 1.54) is 11.8 Å². The summed E-state index contributed by atoms with van der Waals surface area (Å²) in [6.07, 6.45) is 1.64. The molecule has 1 atom stereocenters. The maximum atomic E-state index is 12.4. The van der Waals surface area contributed by atoms with Gasteiger partial charge in [-0.2, -0.15) is 0 Å². The summed E-state index contributed by atoms with van der Waals surface area (Å²) < 4.78 is 1.78. The fourth-order valence-electron chi connectivity index (χ4n) is 2.79. The monoisotopic (exact) mass is 424 g/mol. The third kappa shape index (κ3) is 5.24. The molecular weight excluding hydrogens is 400 g/mol. The van der Waals surface area contributed by atoms with Gasteiger partial charge in [-0.3, -0.25) is 9.59 Å². The van der Waals surface area contributed by atoms with Crippen LogP contribution in [0.3, 0.4) is 0 Å². The largest absolute Gasteiger partial charge is 0.342 e. The summed E-state index contributed by atoms with van der Waals surface area (Å²) in [4.78, 5) is 28.8. The molecule has 0 aliphatic carbocycles. The van der Waals surface area contributed by atoms with Gasteiger partial charge in [0.2, 0.25) is 5.91 Å². The Morgan fingerprint density at radius 1 is 1.13 bits per heavy atom. The van der Waals surface area contributed by atoms with Gasteiger partial charge in [-0.15, -0.1) is 10.2 Å². The Bertz CT molecular complexity index is 1050. The molecule has 9 heteroatoms. The molecule has 2 heterocycles. The lowest BCUT2D eigenvalue weighted by atomic mass is 10.1. The zero-order valence-corrected chi connectivity index (χ0v) is 18.2. The number of hydrogen-bond acceptors (Lipinski definition) is 6. The highest BCUT2D eigenvalue weighted by molar-refractivity contribution is 7.99. The third-order valence-corrected chi connectivity index (χ3v) is 5.54. The second-order valence-corrected chi connectivity index (χ2v) is 7.91. The molecule has 0 unspecified atom stereocenters. The van der Waals surface area contributed by atoms with Crippen LogP contribution < -0.4 is 10.6 Å². The number of carbonyl (C=O) groups is 2. The summed E-state index contributed by atoms with van der Waals surface area (Å²) in [5, 5.41) is 14.7. The molecule has 0 aliphatic heterocycles. The zero-order valence-electron chi connectivity index (χ0n) is 17.3. The maximum absolute atomic E-state index is 12.4. The molecule has 8 nitrogen and oxygen atoms in total. The number of amides is 2. The molecule has 0 aliphatic rings. The molecule has 0 spiro atoms. The molecule has 3 rings (SSSR count). The second-order valence-electron chi connectivity index (χ2n) is 6.97. The number of hydrogen-bond donors (Lipinski definition) is 2. The van der Waals surface area contributed by atoms with Crippen molar-refractivity contribution in [2.45, 2.75) is 32.0 Å². The van der Waals surface area contributed by atoms with Crippen LogP contribution in [0.2, 0.25) is 0 Å². The number of nitrogens with one attached hydrogen (secondary N) is 2. The molecule has 3 aromatic rings. The number of rotatable bonds is 7. The smallest absolute Gasteiger partial charge is 0.251 e. The fraction of sp³-hybridized carbons (Fsp3) is 0.286. The van der Waals surface area contributed by atoms with Crippen LogP contribution in [0, 0.1) is 13.8 Å². The van der Waals surface area contributed by atoms with Crippen LogP contribution in [0.5, 0.6) is 0 Å². The number of carbonyl (C=O) groups excluding carboxylic acids is 2. The van der Waals surface area contributed by atoms with Gasteiger partial charge in [0, 0.05) is 18.8 Å². The van der Waals surface area contributed by atoms with E-state index in [-0.39, 0.29) is 23.6 Å². The Morgan fingerprint density at radius 3 is 2.57 bits per heavy atom. The van der Waals surface area contributed by atoms with Gasteiger partial charge in [-0.1, -0.05) is 35.5 Å². The lowest BCUT2D eigenvalue weighted by molar-refractivity contribution is -0.113. The summed E-state index contributed by atoms with van der Waals surface area (Å²) in [7, 11) is 1.81. The number of pyridine rings is 1. The van der Waals surface area contributed by atoms with Gasteiger partial charge in [-0.25, -0.2) is 4.98 Å². The van der Waals surface area contributed by atoms with E-state index in [4.69, 9.17) is 0 Å². The predicted molar refractivity (Wildman–Crippen MR) is 116 cm³/mol. The first-order valence-electron chi connectivity index (χ1n) is 9.46. The maximum Gasteiger partial charge on any atom is 0.251 e. The van der Waals surface area contributed by atoms with Crippen molar-refractivity contribution in [1.82, 2.24) is 25.1 Å². The topological polar surface area (TPSA) is 102 Å². The first-order valence-corrected chi connectivity index (χ1v) is 10.4. The van der Waals surface area contributed by atoms with Gasteiger partial charge in [0.1, 0.15) is 5.82 Å². The number of aromatic nitrogens is 4. The van der Waals surface area contributed by atoms with Gasteiger partial charge in [0.25, 0.3) is 5.91 Å². The minimum atomic E-state index is -0.337. The number of anilines is 1. The first-order chi connectivity index (χ1) is 14.3. The van der Waals surface area contributed by atoms with Gasteiger partial charge >= 0.3 is 0 Å². The minimum Gasteiger partial charge on any atom is -0.342 e. The quantitative estimate of drug-likeness (QED) is 0.565. The van der Waals surface area contributed by atoms with Crippen LogP contribution in [-0.4, -0.2) is 37.3 Å². The summed E-state index contributed by atoms with van der Waals surface area (Å²) >= 11 is 1.27. The molecule has 156 valence electrons. The van der Waals surface area contributed by atoms with E-state index in [2.05, 4.69) is 25.8 Å². The molecule has 2 aromatic heterocycles. The van der Waals surface area contributed by atoms with Crippen molar-refractivity contribution < 1.29 is 9.59 Å². The van der Waals surface area contributed by atoms with E-state index in [1.54, 1.807) is 22.9 Å². The summed E-state index contributed by atoms with van der Waals surface area (Å²) in [6.45, 7) is 5.71. The SMILES string of the molecule is Cc1ccc(C(=O)N[C@@H](C)c2nnc(SCC(=O)Nc3ncccc3C)n2C)cc1. The van der Waals surface area contributed by atoms with Crippen LogP contribution in [-0.2, 0) is 11.8 Å². The fourth-order valence-corrected chi connectivity index (χ4v) is 3.51. The van der Waals surface area contributed by atoms with Crippen molar-refractivity contribution in [1.29, 1.82) is 0 Å². The number of benzene rings is 1. The van der Waals surface area contributed by atoms with Crippen LogP contribution in [0.1, 0.15) is 40.3 Å². The van der Waals surface area contributed by atoms with Crippen molar-refractivity contribution in [2.24, 2.45) is 7.05 Å². The summed E-state index contributed by atoms with van der Waals surface area (Å²) in [5.41, 5.74) is 2.58. The highest BCUT2D eigenvalue weighted by Crippen LogP contribution is 2.20. The molecule has 30 heavy (non-hydrogen) atoms. The standard InChI is InChI=1S/C21H24N6O2S/c1-13-7-9-16(10-8-13)20(29)23-15(3)19-25-26-21(27(19)4)30-12-17(28)24-18-14(2)6-5-11-22-18/h5-11,15H,12H2,1-4H3,(H,23,29)(H,22,24,28)/t15-/m0/s1. The van der Waals surface area contributed by atoms with Crippen molar-refractivity contribution in [3.8, 4) is 0 Å². The number of thioether (sulfide) groups is 1. The van der Waals surface area contributed by atoms with Gasteiger partial charge in [0.05, 0.1) is 11.8 Å². The molecule has 0 bridgehead atoms. The molecule has 2 amide bonds. The van der Waals surface area contributed by atoms with Crippen molar-refractivity contribution in [3.63, 3.8) is 0 Å². The molecule has 0 radical (unpaired) electrons. The lowest BCUT2D eigenvalue weighted by Crippen LogP contribution is -2.28. The number of aryl methyl sites for hydroxylation is 2. The minimum absolute atomic E-state index is 0.173. The Balaban J connectivity index is 1.58. The second kappa shape index (κ2) is 9.53. The molecule has 1 aromatic carbocycles. The third-order valence-electron chi connectivity index (χ3n) is 4.52. The molecule has 0 saturated carbocycles. The summed E-state index contributed by atoms with van der Waals surface area (Å²) in [5.74, 6) is 0.983. The van der Waals surface area contributed by atoms with E-state index in [0.717, 1.165) is 11.1 Å². The van der Waals surface area contributed by atoms with E-state index in [9.17, 15) is 9.59 Å². The van der Waals surface area contributed by atoms with E-state index in [0.29, 0.717) is 22.4 Å².